The summed E-state index contributed by atoms with van der Waals surface area (Å²) in [5.41, 5.74) is 1.45. The zero-order chi connectivity index (χ0) is 7.94. The summed E-state index contributed by atoms with van der Waals surface area (Å²) in [6, 6.07) is 9.62. The third-order valence-electron chi connectivity index (χ3n) is 1.18. The molecule has 0 N–H and O–H groups in total. The van der Waals surface area contributed by atoms with Crippen LogP contribution in [0.1, 0.15) is 0 Å². The zero-order valence-electron chi connectivity index (χ0n) is 6.03. The van der Waals surface area contributed by atoms with Gasteiger partial charge in [0.2, 0.25) is 0 Å². The quantitative estimate of drug-likeness (QED) is 0.675. The Kier molecular flexibility index (Phi) is 3.56. The Morgan fingerprint density at radius 2 is 2.00 bits per heavy atom. The van der Waals surface area contributed by atoms with Gasteiger partial charge in [0.05, 0.1) is 0 Å². The van der Waals surface area contributed by atoms with Crippen LogP contribution in [0.5, 0.6) is 5.75 Å². The Morgan fingerprint density at radius 1 is 1.27 bits per heavy atom. The van der Waals surface area contributed by atoms with Gasteiger partial charge in [-0.15, -0.1) is 0 Å². The molecule has 0 aromatic heterocycles. The van der Waals surface area contributed by atoms with Gasteiger partial charge in [0.1, 0.15) is 12.4 Å². The summed E-state index contributed by atoms with van der Waals surface area (Å²) >= 11 is 5.31. The van der Waals surface area contributed by atoms with Crippen LogP contribution in [0, 0.1) is 0 Å². The molecule has 2 heteroatoms. The van der Waals surface area contributed by atoms with Crippen LogP contribution in [0.25, 0.3) is 0 Å². The lowest BCUT2D eigenvalue weighted by Gasteiger charge is -2.00. The molecule has 0 saturated carbocycles. The van der Waals surface area contributed by atoms with Crippen molar-refractivity contribution in [3.63, 3.8) is 0 Å². The molecule has 0 aliphatic heterocycles. The summed E-state index contributed by atoms with van der Waals surface area (Å²) < 4.78 is 5.28. The molecule has 0 aliphatic rings. The molecule has 1 rings (SSSR count). The van der Waals surface area contributed by atoms with Crippen molar-refractivity contribution in [2.45, 2.75) is 0 Å². The van der Waals surface area contributed by atoms with E-state index in [0.29, 0.717) is 6.61 Å². The van der Waals surface area contributed by atoms with Gasteiger partial charge in [0, 0.05) is 5.54 Å². The van der Waals surface area contributed by atoms with Crippen LogP contribution in [-0.4, -0.2) is 6.61 Å². The number of rotatable bonds is 3. The number of halogens is 1. The smallest absolute Gasteiger partial charge is 0.119 e. The van der Waals surface area contributed by atoms with Gasteiger partial charge in [-0.05, 0) is 18.2 Å². The lowest BCUT2D eigenvalue weighted by molar-refractivity contribution is 0.363. The molecular formula is C9H9ClO. The summed E-state index contributed by atoms with van der Waals surface area (Å²) in [5, 5.41) is 0. The third kappa shape index (κ3) is 3.10. The first-order chi connectivity index (χ1) is 5.43. The first-order valence-corrected chi connectivity index (χ1v) is 3.80. The van der Waals surface area contributed by atoms with Crippen molar-refractivity contribution in [2.24, 2.45) is 0 Å². The third-order valence-corrected chi connectivity index (χ3v) is 1.36. The van der Waals surface area contributed by atoms with Crippen LogP contribution in [0.2, 0.25) is 0 Å². The van der Waals surface area contributed by atoms with Gasteiger partial charge in [-0.3, -0.25) is 0 Å². The van der Waals surface area contributed by atoms with E-state index in [4.69, 9.17) is 16.3 Å². The van der Waals surface area contributed by atoms with Crippen LogP contribution >= 0.6 is 11.6 Å². The highest BCUT2D eigenvalue weighted by Crippen LogP contribution is 2.07. The lowest BCUT2D eigenvalue weighted by Crippen LogP contribution is -1.91. The second kappa shape index (κ2) is 4.80. The number of benzene rings is 1. The van der Waals surface area contributed by atoms with Gasteiger partial charge in [-0.25, -0.2) is 0 Å². The van der Waals surface area contributed by atoms with Crippen molar-refractivity contribution < 1.29 is 4.74 Å². The number of ether oxygens (including phenoxy) is 1. The first-order valence-electron chi connectivity index (χ1n) is 3.36. The Bertz CT molecular complexity index is 218. The minimum atomic E-state index is 0.521. The number of hydrogen-bond donors (Lipinski definition) is 0. The van der Waals surface area contributed by atoms with Gasteiger partial charge in [-0.1, -0.05) is 29.8 Å². The van der Waals surface area contributed by atoms with Crippen LogP contribution in [0.4, 0.5) is 0 Å². The van der Waals surface area contributed by atoms with Crippen LogP contribution < -0.4 is 4.74 Å². The molecule has 0 fully saturated rings. The summed E-state index contributed by atoms with van der Waals surface area (Å²) in [6.07, 6.45) is 1.74. The van der Waals surface area contributed by atoms with Crippen LogP contribution in [0.3, 0.4) is 0 Å². The summed E-state index contributed by atoms with van der Waals surface area (Å²) in [5.74, 6) is 0.863. The van der Waals surface area contributed by atoms with Gasteiger partial charge in [0.25, 0.3) is 0 Å². The minimum absolute atomic E-state index is 0.521. The van der Waals surface area contributed by atoms with Crippen LogP contribution in [-0.2, 0) is 0 Å². The normalized spacial score (nSPS) is 10.3. The fraction of sp³-hybridized carbons (Fsp3) is 0.111. The second-order valence-electron chi connectivity index (χ2n) is 1.99. The predicted molar refractivity (Wildman–Crippen MR) is 46.9 cm³/mol. The van der Waals surface area contributed by atoms with Gasteiger partial charge >= 0.3 is 0 Å². The average Bonchev–Trinajstić information content (AvgIpc) is 2.07. The highest BCUT2D eigenvalue weighted by molar-refractivity contribution is 6.25. The molecule has 1 aromatic rings. The van der Waals surface area contributed by atoms with Crippen molar-refractivity contribution in [2.75, 3.05) is 6.61 Å². The molecule has 0 bridgehead atoms. The maximum absolute atomic E-state index is 5.31. The van der Waals surface area contributed by atoms with Crippen molar-refractivity contribution in [1.29, 1.82) is 0 Å². The van der Waals surface area contributed by atoms with Crippen LogP contribution in [0.15, 0.2) is 41.9 Å². The molecule has 0 heterocycles. The fourth-order valence-corrected chi connectivity index (χ4v) is 0.770. The van der Waals surface area contributed by atoms with Crippen molar-refractivity contribution in [1.82, 2.24) is 0 Å². The molecule has 0 radical (unpaired) electrons. The molecule has 0 saturated heterocycles. The van der Waals surface area contributed by atoms with E-state index >= 15 is 0 Å². The fourth-order valence-electron chi connectivity index (χ4n) is 0.697. The molecule has 1 nitrogen and oxygen atoms in total. The maximum atomic E-state index is 5.31. The van der Waals surface area contributed by atoms with E-state index in [0.717, 1.165) is 5.75 Å². The van der Waals surface area contributed by atoms with E-state index in [1.165, 1.54) is 5.54 Å². The van der Waals surface area contributed by atoms with Crippen molar-refractivity contribution >= 4 is 11.6 Å². The summed E-state index contributed by atoms with van der Waals surface area (Å²) in [6.45, 7) is 0.521. The number of para-hydroxylation sites is 1. The van der Waals surface area contributed by atoms with Gasteiger partial charge in [0.15, 0.2) is 0 Å². The SMILES string of the molecule is Cl/C=C/COc1ccccc1. The molecule has 0 atom stereocenters. The number of hydrogen-bond acceptors (Lipinski definition) is 1. The van der Waals surface area contributed by atoms with E-state index in [-0.39, 0.29) is 0 Å². The standard InChI is InChI=1S/C9H9ClO/c10-7-4-8-11-9-5-2-1-3-6-9/h1-7H,8H2/b7-4+. The van der Waals surface area contributed by atoms with E-state index in [1.54, 1.807) is 6.08 Å². The molecule has 58 valence electrons. The van der Waals surface area contributed by atoms with Gasteiger partial charge < -0.3 is 4.74 Å². The second-order valence-corrected chi connectivity index (χ2v) is 2.24. The largest absolute Gasteiger partial charge is 0.490 e. The Hall–Kier alpha value is -0.950. The summed E-state index contributed by atoms with van der Waals surface area (Å²) in [7, 11) is 0. The Morgan fingerprint density at radius 3 is 2.64 bits per heavy atom. The molecule has 0 amide bonds. The molecule has 0 aliphatic carbocycles. The Balaban J connectivity index is 2.39. The molecular weight excluding hydrogens is 160 g/mol. The highest BCUT2D eigenvalue weighted by Gasteiger charge is 1.85. The van der Waals surface area contributed by atoms with E-state index in [1.807, 2.05) is 30.3 Å². The van der Waals surface area contributed by atoms with E-state index in [9.17, 15) is 0 Å². The van der Waals surface area contributed by atoms with Gasteiger partial charge in [-0.2, -0.15) is 0 Å². The molecule has 0 spiro atoms. The summed E-state index contributed by atoms with van der Waals surface area (Å²) in [4.78, 5) is 0. The average molecular weight is 169 g/mol. The van der Waals surface area contributed by atoms with Crippen molar-refractivity contribution in [3.8, 4) is 5.75 Å². The maximum Gasteiger partial charge on any atom is 0.119 e. The van der Waals surface area contributed by atoms with E-state index in [2.05, 4.69) is 0 Å². The molecule has 1 aromatic carbocycles. The monoisotopic (exact) mass is 168 g/mol. The zero-order valence-corrected chi connectivity index (χ0v) is 6.79. The Labute approximate surface area is 71.3 Å². The van der Waals surface area contributed by atoms with E-state index < -0.39 is 0 Å². The van der Waals surface area contributed by atoms with Crippen molar-refractivity contribution in [3.05, 3.63) is 41.9 Å². The first kappa shape index (κ1) is 8.15. The molecule has 0 unspecified atom stereocenters. The minimum Gasteiger partial charge on any atom is -0.490 e. The lowest BCUT2D eigenvalue weighted by atomic mass is 10.3. The predicted octanol–water partition coefficient (Wildman–Crippen LogP) is 2.82. The topological polar surface area (TPSA) is 9.23 Å². The molecule has 11 heavy (non-hydrogen) atoms. The highest BCUT2D eigenvalue weighted by atomic mass is 35.5.